The van der Waals surface area contributed by atoms with Crippen LogP contribution in [0.15, 0.2) is 47.4 Å². The maximum absolute atomic E-state index is 12.5. The minimum Gasteiger partial charge on any atom is -0.352 e. The third kappa shape index (κ3) is 3.62. The van der Waals surface area contributed by atoms with Gasteiger partial charge in [0.1, 0.15) is 5.82 Å². The predicted octanol–water partition coefficient (Wildman–Crippen LogP) is 3.60. The first kappa shape index (κ1) is 18.6. The summed E-state index contributed by atoms with van der Waals surface area (Å²) in [6.07, 6.45) is 0.808. The Hall–Kier alpha value is -2.80. The van der Waals surface area contributed by atoms with Crippen LogP contribution in [0.1, 0.15) is 29.5 Å². The van der Waals surface area contributed by atoms with E-state index < -0.39 is 0 Å². The monoisotopic (exact) mass is 394 g/mol. The normalized spacial score (nSPS) is 15.9. The standard InChI is InChI=1S/C21H22N4O2S/c1-13-20(26)24-17-12-15(8-9-19(17)28-13)21(27)22-10-5-11-25-14(2)23-16-6-3-4-7-18(16)25/h3-4,6-9,12-13H,5,10-11H2,1-2H3,(H,22,27)(H,24,26)/t13-/m1/s1. The number of anilines is 1. The van der Waals surface area contributed by atoms with E-state index in [1.165, 1.54) is 11.8 Å². The summed E-state index contributed by atoms with van der Waals surface area (Å²) in [5.74, 6) is 0.815. The van der Waals surface area contributed by atoms with Gasteiger partial charge in [0.15, 0.2) is 0 Å². The SMILES string of the molecule is Cc1nc2ccccc2n1CCCNC(=O)c1ccc2c(c1)NC(=O)[C@@H](C)S2. The molecule has 3 aromatic rings. The van der Waals surface area contributed by atoms with E-state index in [2.05, 4.69) is 26.3 Å². The number of carbonyl (C=O) groups is 2. The first-order valence-corrected chi connectivity index (χ1v) is 10.2. The Morgan fingerprint density at radius 1 is 1.29 bits per heavy atom. The van der Waals surface area contributed by atoms with Crippen LogP contribution in [0, 0.1) is 6.92 Å². The molecule has 2 N–H and O–H groups in total. The summed E-state index contributed by atoms with van der Waals surface area (Å²) in [6, 6.07) is 13.5. The van der Waals surface area contributed by atoms with Crippen molar-refractivity contribution < 1.29 is 9.59 Å². The van der Waals surface area contributed by atoms with Crippen molar-refractivity contribution in [1.82, 2.24) is 14.9 Å². The van der Waals surface area contributed by atoms with Gasteiger partial charge in [-0.05, 0) is 50.6 Å². The van der Waals surface area contributed by atoms with Gasteiger partial charge in [-0.15, -0.1) is 11.8 Å². The number of hydrogen-bond acceptors (Lipinski definition) is 4. The highest BCUT2D eigenvalue weighted by atomic mass is 32.2. The second-order valence-corrected chi connectivity index (χ2v) is 8.25. The fourth-order valence-corrected chi connectivity index (χ4v) is 4.30. The molecule has 6 nitrogen and oxygen atoms in total. The molecule has 1 aromatic heterocycles. The molecule has 1 atom stereocenters. The van der Waals surface area contributed by atoms with Gasteiger partial charge >= 0.3 is 0 Å². The van der Waals surface area contributed by atoms with Crippen LogP contribution >= 0.6 is 11.8 Å². The Balaban J connectivity index is 1.35. The number of para-hydroxylation sites is 2. The maximum atomic E-state index is 12.5. The highest BCUT2D eigenvalue weighted by Crippen LogP contribution is 2.35. The number of benzene rings is 2. The Morgan fingerprint density at radius 2 is 2.11 bits per heavy atom. The van der Waals surface area contributed by atoms with Crippen molar-refractivity contribution in [3.63, 3.8) is 0 Å². The molecular weight excluding hydrogens is 372 g/mol. The summed E-state index contributed by atoms with van der Waals surface area (Å²) in [5.41, 5.74) is 3.37. The molecule has 0 fully saturated rings. The Kier molecular flexibility index (Phi) is 5.09. The molecule has 28 heavy (non-hydrogen) atoms. The van der Waals surface area contributed by atoms with Gasteiger partial charge < -0.3 is 15.2 Å². The Labute approximate surface area is 167 Å². The lowest BCUT2D eigenvalue weighted by molar-refractivity contribution is -0.115. The molecule has 2 amide bonds. The first-order valence-electron chi connectivity index (χ1n) is 9.34. The number of aromatic nitrogens is 2. The van der Waals surface area contributed by atoms with Crippen LogP contribution in [-0.4, -0.2) is 33.2 Å². The van der Waals surface area contributed by atoms with E-state index >= 15 is 0 Å². The van der Waals surface area contributed by atoms with E-state index in [1.54, 1.807) is 12.1 Å². The zero-order chi connectivity index (χ0) is 19.7. The Bertz CT molecular complexity index is 1060. The summed E-state index contributed by atoms with van der Waals surface area (Å²) in [4.78, 5) is 29.9. The molecule has 2 aromatic carbocycles. The number of aryl methyl sites for hydroxylation is 2. The number of nitrogens with one attached hydrogen (secondary N) is 2. The largest absolute Gasteiger partial charge is 0.352 e. The topological polar surface area (TPSA) is 76.0 Å². The highest BCUT2D eigenvalue weighted by Gasteiger charge is 2.23. The van der Waals surface area contributed by atoms with E-state index in [0.717, 1.165) is 34.7 Å². The van der Waals surface area contributed by atoms with Gasteiger partial charge in [0.25, 0.3) is 5.91 Å². The number of thioether (sulfide) groups is 1. The molecule has 0 saturated heterocycles. The summed E-state index contributed by atoms with van der Waals surface area (Å²) in [6.45, 7) is 5.23. The summed E-state index contributed by atoms with van der Waals surface area (Å²) < 4.78 is 2.17. The molecule has 2 heterocycles. The Morgan fingerprint density at radius 3 is 2.96 bits per heavy atom. The number of amides is 2. The van der Waals surface area contributed by atoms with Gasteiger partial charge in [0.05, 0.1) is 22.0 Å². The third-order valence-corrected chi connectivity index (χ3v) is 6.04. The lowest BCUT2D eigenvalue weighted by Gasteiger charge is -2.21. The highest BCUT2D eigenvalue weighted by molar-refractivity contribution is 8.00. The number of imidazole rings is 1. The smallest absolute Gasteiger partial charge is 0.251 e. The van der Waals surface area contributed by atoms with E-state index in [4.69, 9.17) is 0 Å². The average Bonchev–Trinajstić information content (AvgIpc) is 3.01. The van der Waals surface area contributed by atoms with Crippen molar-refractivity contribution >= 4 is 40.3 Å². The number of rotatable bonds is 5. The molecule has 0 bridgehead atoms. The molecule has 4 rings (SSSR count). The predicted molar refractivity (Wildman–Crippen MR) is 112 cm³/mol. The fourth-order valence-electron chi connectivity index (χ4n) is 3.37. The van der Waals surface area contributed by atoms with Crippen molar-refractivity contribution in [2.45, 2.75) is 37.0 Å². The van der Waals surface area contributed by atoms with Crippen LogP contribution in [0.2, 0.25) is 0 Å². The van der Waals surface area contributed by atoms with Gasteiger partial charge in [-0.3, -0.25) is 9.59 Å². The molecule has 0 aliphatic carbocycles. The second kappa shape index (κ2) is 7.67. The molecule has 144 valence electrons. The first-order chi connectivity index (χ1) is 13.5. The van der Waals surface area contributed by atoms with E-state index in [0.29, 0.717) is 17.8 Å². The van der Waals surface area contributed by atoms with Crippen LogP contribution in [0.5, 0.6) is 0 Å². The third-order valence-electron chi connectivity index (χ3n) is 4.86. The maximum Gasteiger partial charge on any atom is 0.251 e. The molecule has 0 radical (unpaired) electrons. The number of hydrogen-bond donors (Lipinski definition) is 2. The number of fused-ring (bicyclic) bond motifs is 2. The molecule has 0 unspecified atom stereocenters. The van der Waals surface area contributed by atoms with Gasteiger partial charge in [-0.1, -0.05) is 12.1 Å². The molecule has 1 aliphatic heterocycles. The molecular formula is C21H22N4O2S. The van der Waals surface area contributed by atoms with Gasteiger partial charge in [-0.25, -0.2) is 4.98 Å². The van der Waals surface area contributed by atoms with Crippen molar-refractivity contribution in [2.75, 3.05) is 11.9 Å². The van der Waals surface area contributed by atoms with Crippen LogP contribution in [0.3, 0.4) is 0 Å². The molecule has 1 aliphatic rings. The zero-order valence-electron chi connectivity index (χ0n) is 15.9. The van der Waals surface area contributed by atoms with Crippen molar-refractivity contribution in [1.29, 1.82) is 0 Å². The van der Waals surface area contributed by atoms with Crippen LogP contribution in [-0.2, 0) is 11.3 Å². The van der Waals surface area contributed by atoms with Crippen LogP contribution < -0.4 is 10.6 Å². The van der Waals surface area contributed by atoms with Gasteiger partial charge in [0.2, 0.25) is 5.91 Å². The lowest BCUT2D eigenvalue weighted by Crippen LogP contribution is -2.28. The molecule has 7 heteroatoms. The number of nitrogens with zero attached hydrogens (tertiary/aromatic N) is 2. The fraction of sp³-hybridized carbons (Fsp3) is 0.286. The summed E-state index contributed by atoms with van der Waals surface area (Å²) >= 11 is 1.51. The van der Waals surface area contributed by atoms with Crippen LogP contribution in [0.25, 0.3) is 11.0 Å². The lowest BCUT2D eigenvalue weighted by atomic mass is 10.1. The van der Waals surface area contributed by atoms with Crippen LogP contribution in [0.4, 0.5) is 5.69 Å². The average molecular weight is 395 g/mol. The quantitative estimate of drug-likeness (QED) is 0.649. The minimum atomic E-state index is -0.132. The van der Waals surface area contributed by atoms with Gasteiger partial charge in [-0.2, -0.15) is 0 Å². The summed E-state index contributed by atoms with van der Waals surface area (Å²) in [5, 5.41) is 5.71. The second-order valence-electron chi connectivity index (χ2n) is 6.87. The molecule has 0 spiro atoms. The number of carbonyl (C=O) groups excluding carboxylic acids is 2. The minimum absolute atomic E-state index is 0.0296. The van der Waals surface area contributed by atoms with E-state index in [1.807, 2.05) is 38.1 Å². The van der Waals surface area contributed by atoms with Gasteiger partial charge in [0, 0.05) is 23.5 Å². The van der Waals surface area contributed by atoms with E-state index in [-0.39, 0.29) is 17.1 Å². The van der Waals surface area contributed by atoms with Crippen molar-refractivity contribution in [3.05, 3.63) is 53.9 Å². The summed E-state index contributed by atoms with van der Waals surface area (Å²) in [7, 11) is 0. The van der Waals surface area contributed by atoms with Crippen molar-refractivity contribution in [3.8, 4) is 0 Å². The van der Waals surface area contributed by atoms with Crippen molar-refractivity contribution in [2.24, 2.45) is 0 Å². The molecule has 0 saturated carbocycles. The van der Waals surface area contributed by atoms with E-state index in [9.17, 15) is 9.59 Å². The zero-order valence-corrected chi connectivity index (χ0v) is 16.7.